The SMILES string of the molecule is N#Cc1cnc(NCCCCCCO)cn1. The quantitative estimate of drug-likeness (QED) is 0.677. The fourth-order valence-corrected chi connectivity index (χ4v) is 1.28. The van der Waals surface area contributed by atoms with Gasteiger partial charge in [-0.1, -0.05) is 12.8 Å². The first-order valence-corrected chi connectivity index (χ1v) is 5.43. The van der Waals surface area contributed by atoms with Gasteiger partial charge in [0, 0.05) is 13.2 Å². The van der Waals surface area contributed by atoms with Gasteiger partial charge < -0.3 is 10.4 Å². The van der Waals surface area contributed by atoms with E-state index < -0.39 is 0 Å². The number of nitriles is 1. The van der Waals surface area contributed by atoms with E-state index in [0.717, 1.165) is 32.2 Å². The molecule has 0 saturated carbocycles. The molecule has 16 heavy (non-hydrogen) atoms. The summed E-state index contributed by atoms with van der Waals surface area (Å²) in [7, 11) is 0. The summed E-state index contributed by atoms with van der Waals surface area (Å²) in [5, 5.41) is 20.2. The molecular weight excluding hydrogens is 204 g/mol. The van der Waals surface area contributed by atoms with Crippen LogP contribution in [0.4, 0.5) is 5.82 Å². The molecule has 0 atom stereocenters. The number of nitrogens with one attached hydrogen (secondary N) is 1. The van der Waals surface area contributed by atoms with Crippen LogP contribution in [0.1, 0.15) is 31.4 Å². The van der Waals surface area contributed by atoms with Crippen molar-refractivity contribution in [2.24, 2.45) is 0 Å². The second-order valence-corrected chi connectivity index (χ2v) is 3.46. The Morgan fingerprint density at radius 1 is 1.19 bits per heavy atom. The number of nitrogens with zero attached hydrogens (tertiary/aromatic N) is 3. The van der Waals surface area contributed by atoms with Crippen LogP contribution in [0, 0.1) is 11.3 Å². The first kappa shape index (κ1) is 12.4. The van der Waals surface area contributed by atoms with E-state index >= 15 is 0 Å². The van der Waals surface area contributed by atoms with Gasteiger partial charge in [-0.15, -0.1) is 0 Å². The first-order valence-electron chi connectivity index (χ1n) is 5.43. The number of hydrogen-bond acceptors (Lipinski definition) is 5. The molecule has 0 aliphatic rings. The molecule has 86 valence electrons. The molecule has 1 rings (SSSR count). The number of aliphatic hydroxyl groups is 1. The minimum atomic E-state index is 0.272. The average molecular weight is 220 g/mol. The number of aromatic nitrogens is 2. The number of unbranched alkanes of at least 4 members (excludes halogenated alkanes) is 3. The van der Waals surface area contributed by atoms with Gasteiger partial charge >= 0.3 is 0 Å². The smallest absolute Gasteiger partial charge is 0.158 e. The molecule has 0 saturated heterocycles. The largest absolute Gasteiger partial charge is 0.396 e. The summed E-state index contributed by atoms with van der Waals surface area (Å²) in [6.45, 7) is 1.11. The molecule has 0 aromatic carbocycles. The fourth-order valence-electron chi connectivity index (χ4n) is 1.28. The second kappa shape index (κ2) is 7.60. The molecule has 1 heterocycles. The minimum Gasteiger partial charge on any atom is -0.396 e. The van der Waals surface area contributed by atoms with Crippen LogP contribution in [0.2, 0.25) is 0 Å². The van der Waals surface area contributed by atoms with Gasteiger partial charge in [0.1, 0.15) is 11.9 Å². The van der Waals surface area contributed by atoms with Crippen molar-refractivity contribution >= 4 is 5.82 Å². The number of anilines is 1. The lowest BCUT2D eigenvalue weighted by atomic mass is 10.2. The van der Waals surface area contributed by atoms with E-state index in [0.29, 0.717) is 11.5 Å². The Balaban J connectivity index is 2.15. The molecule has 0 aliphatic heterocycles. The van der Waals surface area contributed by atoms with Crippen LogP contribution >= 0.6 is 0 Å². The molecule has 1 aromatic heterocycles. The van der Waals surface area contributed by atoms with Gasteiger partial charge in [-0.2, -0.15) is 5.26 Å². The highest BCUT2D eigenvalue weighted by molar-refractivity contribution is 5.32. The van der Waals surface area contributed by atoms with Gasteiger partial charge in [0.25, 0.3) is 0 Å². The molecule has 0 spiro atoms. The Morgan fingerprint density at radius 2 is 2.00 bits per heavy atom. The zero-order valence-electron chi connectivity index (χ0n) is 9.19. The van der Waals surface area contributed by atoms with E-state index in [-0.39, 0.29) is 6.61 Å². The summed E-state index contributed by atoms with van der Waals surface area (Å²) in [4.78, 5) is 7.95. The number of rotatable bonds is 7. The topological polar surface area (TPSA) is 81.8 Å². The van der Waals surface area contributed by atoms with Gasteiger partial charge in [0.05, 0.1) is 12.4 Å². The van der Waals surface area contributed by atoms with Crippen LogP contribution in [0.15, 0.2) is 12.4 Å². The second-order valence-electron chi connectivity index (χ2n) is 3.46. The maximum absolute atomic E-state index is 8.59. The van der Waals surface area contributed by atoms with Crippen LogP contribution < -0.4 is 5.32 Å². The Labute approximate surface area is 95.2 Å². The third-order valence-corrected chi connectivity index (χ3v) is 2.16. The highest BCUT2D eigenvalue weighted by Gasteiger charge is 1.95. The Kier molecular flexibility index (Phi) is 5.89. The fraction of sp³-hybridized carbons (Fsp3) is 0.545. The predicted octanol–water partition coefficient (Wildman–Crippen LogP) is 1.31. The third-order valence-electron chi connectivity index (χ3n) is 2.16. The summed E-state index contributed by atoms with van der Waals surface area (Å²) in [6.07, 6.45) is 7.08. The molecule has 0 fully saturated rings. The van der Waals surface area contributed by atoms with Gasteiger partial charge in [0.2, 0.25) is 0 Å². The van der Waals surface area contributed by atoms with Crippen molar-refractivity contribution in [3.63, 3.8) is 0 Å². The molecule has 0 amide bonds. The normalized spacial score (nSPS) is 9.75. The summed E-state index contributed by atoms with van der Waals surface area (Å²) in [5.74, 6) is 0.696. The van der Waals surface area contributed by atoms with Crippen molar-refractivity contribution in [2.45, 2.75) is 25.7 Å². The van der Waals surface area contributed by atoms with Crippen molar-refractivity contribution in [3.8, 4) is 6.07 Å². The molecule has 5 heteroatoms. The summed E-state index contributed by atoms with van der Waals surface area (Å²) >= 11 is 0. The molecule has 0 radical (unpaired) electrons. The summed E-state index contributed by atoms with van der Waals surface area (Å²) < 4.78 is 0. The number of aliphatic hydroxyl groups excluding tert-OH is 1. The van der Waals surface area contributed by atoms with Crippen LogP contribution in [0.3, 0.4) is 0 Å². The lowest BCUT2D eigenvalue weighted by molar-refractivity contribution is 0.283. The van der Waals surface area contributed by atoms with E-state index in [1.165, 1.54) is 6.20 Å². The van der Waals surface area contributed by atoms with Gasteiger partial charge in [-0.3, -0.25) is 0 Å². The van der Waals surface area contributed by atoms with E-state index in [1.54, 1.807) is 6.20 Å². The van der Waals surface area contributed by atoms with Crippen molar-refractivity contribution in [1.29, 1.82) is 5.26 Å². The van der Waals surface area contributed by atoms with Crippen LogP contribution in [0.25, 0.3) is 0 Å². The number of hydrogen-bond donors (Lipinski definition) is 2. The van der Waals surface area contributed by atoms with Crippen LogP contribution in [-0.4, -0.2) is 28.2 Å². The van der Waals surface area contributed by atoms with E-state index in [9.17, 15) is 0 Å². The van der Waals surface area contributed by atoms with Crippen molar-refractivity contribution in [1.82, 2.24) is 9.97 Å². The van der Waals surface area contributed by atoms with Crippen molar-refractivity contribution in [3.05, 3.63) is 18.1 Å². The molecule has 2 N–H and O–H groups in total. The van der Waals surface area contributed by atoms with Crippen LogP contribution in [-0.2, 0) is 0 Å². The van der Waals surface area contributed by atoms with Crippen molar-refractivity contribution in [2.75, 3.05) is 18.5 Å². The minimum absolute atomic E-state index is 0.272. The molecule has 0 aliphatic carbocycles. The highest BCUT2D eigenvalue weighted by atomic mass is 16.2. The summed E-state index contributed by atoms with van der Waals surface area (Å²) in [5.41, 5.74) is 0.327. The predicted molar refractivity (Wildman–Crippen MR) is 60.8 cm³/mol. The first-order chi connectivity index (χ1) is 7.86. The van der Waals surface area contributed by atoms with Crippen molar-refractivity contribution < 1.29 is 5.11 Å². The monoisotopic (exact) mass is 220 g/mol. The van der Waals surface area contributed by atoms with Crippen LogP contribution in [0.5, 0.6) is 0 Å². The molecule has 1 aromatic rings. The molecule has 5 nitrogen and oxygen atoms in total. The summed E-state index contributed by atoms with van der Waals surface area (Å²) in [6, 6.07) is 1.92. The maximum Gasteiger partial charge on any atom is 0.158 e. The third kappa shape index (κ3) is 4.71. The molecule has 0 bridgehead atoms. The lowest BCUT2D eigenvalue weighted by Crippen LogP contribution is -2.04. The van der Waals surface area contributed by atoms with Gasteiger partial charge in [-0.25, -0.2) is 9.97 Å². The Bertz CT molecular complexity index is 331. The lowest BCUT2D eigenvalue weighted by Gasteiger charge is -2.04. The van der Waals surface area contributed by atoms with E-state index in [2.05, 4.69) is 15.3 Å². The zero-order chi connectivity index (χ0) is 11.6. The van der Waals surface area contributed by atoms with E-state index in [1.807, 2.05) is 6.07 Å². The average Bonchev–Trinajstić information content (AvgIpc) is 2.34. The zero-order valence-corrected chi connectivity index (χ0v) is 9.19. The molecule has 0 unspecified atom stereocenters. The maximum atomic E-state index is 8.59. The Hall–Kier alpha value is -1.67. The molecular formula is C11H16N4O. The van der Waals surface area contributed by atoms with E-state index in [4.69, 9.17) is 10.4 Å². The Morgan fingerprint density at radius 3 is 2.62 bits per heavy atom. The van der Waals surface area contributed by atoms with Gasteiger partial charge in [-0.05, 0) is 12.8 Å². The highest BCUT2D eigenvalue weighted by Crippen LogP contribution is 2.03. The standard InChI is InChI=1S/C11H16N4O/c12-7-10-8-15-11(9-14-10)13-5-3-1-2-4-6-16/h8-9,16H,1-6H2,(H,13,15). The van der Waals surface area contributed by atoms with Gasteiger partial charge in [0.15, 0.2) is 5.69 Å².